The number of H-pyrrole nitrogens is 1. The first-order chi connectivity index (χ1) is 17.7. The number of ether oxygens (including phenoxy) is 5. The maximum atomic E-state index is 13.8. The molecular formula is C23H17Cl2FN2O9. The molecular weight excluding hydrogens is 538 g/mol. The molecule has 4 rings (SSSR count). The quantitative estimate of drug-likeness (QED) is 0.353. The number of aromatic nitrogens is 2. The van der Waals surface area contributed by atoms with Gasteiger partial charge in [-0.25, -0.2) is 14.4 Å². The van der Waals surface area contributed by atoms with E-state index in [-0.39, 0.29) is 17.9 Å². The van der Waals surface area contributed by atoms with Gasteiger partial charge >= 0.3 is 18.0 Å². The lowest BCUT2D eigenvalue weighted by molar-refractivity contribution is -0.0596. The highest BCUT2D eigenvalue weighted by Crippen LogP contribution is 2.31. The molecule has 37 heavy (non-hydrogen) atoms. The smallest absolute Gasteiger partial charge is 0.431 e. The minimum absolute atomic E-state index is 0.142. The van der Waals surface area contributed by atoms with Gasteiger partial charge in [0.05, 0.1) is 6.20 Å². The zero-order valence-electron chi connectivity index (χ0n) is 18.6. The molecule has 0 aliphatic carbocycles. The van der Waals surface area contributed by atoms with Gasteiger partial charge < -0.3 is 23.7 Å². The lowest BCUT2D eigenvalue weighted by atomic mass is 10.2. The zero-order valence-corrected chi connectivity index (χ0v) is 20.1. The van der Waals surface area contributed by atoms with Crippen LogP contribution in [0.1, 0.15) is 12.6 Å². The van der Waals surface area contributed by atoms with Gasteiger partial charge in [0.2, 0.25) is 5.82 Å². The molecule has 1 aromatic heterocycles. The summed E-state index contributed by atoms with van der Waals surface area (Å²) in [6, 6.07) is 11.8. The van der Waals surface area contributed by atoms with Gasteiger partial charge in [0.15, 0.2) is 0 Å². The fourth-order valence-corrected chi connectivity index (χ4v) is 3.60. The molecule has 0 bridgehead atoms. The molecule has 3 atom stereocenters. The van der Waals surface area contributed by atoms with E-state index < -0.39 is 54.4 Å². The number of hydrogen-bond acceptors (Lipinski definition) is 9. The number of rotatable bonds is 6. The van der Waals surface area contributed by atoms with E-state index in [4.69, 9.17) is 46.9 Å². The van der Waals surface area contributed by atoms with Gasteiger partial charge in [-0.05, 0) is 48.5 Å². The molecule has 0 spiro atoms. The molecule has 194 valence electrons. The molecule has 3 aromatic rings. The lowest BCUT2D eigenvalue weighted by Crippen LogP contribution is -2.34. The summed E-state index contributed by atoms with van der Waals surface area (Å²) >= 11 is 11.6. The molecule has 1 fully saturated rings. The standard InChI is InChI=1S/C23H17Cl2FN2O9/c24-12-1-5-14(6-2-12)34-22(31)33-11-18-17(37-23(32)35-15-7-3-13(25)4-8-15)9-19(36-18)28-10-16(26)20(29)27-21(28)30/h1-8,10,17-19H,9,11H2,(H,27,29,30)/t17-,18+,19+/m0/s1. The van der Waals surface area contributed by atoms with Crippen molar-refractivity contribution in [2.75, 3.05) is 6.61 Å². The Labute approximate surface area is 217 Å². The van der Waals surface area contributed by atoms with Crippen LogP contribution in [0.25, 0.3) is 0 Å². The van der Waals surface area contributed by atoms with Gasteiger partial charge in [-0.15, -0.1) is 0 Å². The van der Waals surface area contributed by atoms with Crippen molar-refractivity contribution in [2.45, 2.75) is 24.9 Å². The third-order valence-corrected chi connectivity index (χ3v) is 5.56. The predicted molar refractivity (Wildman–Crippen MR) is 126 cm³/mol. The third-order valence-electron chi connectivity index (χ3n) is 5.06. The van der Waals surface area contributed by atoms with Crippen LogP contribution in [-0.4, -0.2) is 40.7 Å². The van der Waals surface area contributed by atoms with Crippen molar-refractivity contribution in [1.29, 1.82) is 0 Å². The summed E-state index contributed by atoms with van der Waals surface area (Å²) in [4.78, 5) is 49.8. The zero-order chi connectivity index (χ0) is 26.5. The van der Waals surface area contributed by atoms with E-state index in [1.807, 2.05) is 4.98 Å². The van der Waals surface area contributed by atoms with E-state index in [1.165, 1.54) is 48.5 Å². The molecule has 0 saturated carbocycles. The maximum absolute atomic E-state index is 13.8. The topological polar surface area (TPSA) is 135 Å². The van der Waals surface area contributed by atoms with Gasteiger partial charge in [-0.3, -0.25) is 14.3 Å². The van der Waals surface area contributed by atoms with Gasteiger partial charge in [0.25, 0.3) is 5.56 Å². The maximum Gasteiger partial charge on any atom is 0.514 e. The Bertz CT molecular complexity index is 1390. The van der Waals surface area contributed by atoms with Crippen molar-refractivity contribution in [3.05, 3.63) is 91.4 Å². The molecule has 1 aliphatic rings. The third kappa shape index (κ3) is 6.88. The average molecular weight is 555 g/mol. The van der Waals surface area contributed by atoms with Crippen molar-refractivity contribution < 1.29 is 37.7 Å². The number of halogens is 3. The Morgan fingerprint density at radius 3 is 2.14 bits per heavy atom. The first-order valence-corrected chi connectivity index (χ1v) is 11.3. The molecule has 1 N–H and O–H groups in total. The van der Waals surface area contributed by atoms with Crippen LogP contribution < -0.4 is 20.7 Å². The fourth-order valence-electron chi connectivity index (χ4n) is 3.34. The Morgan fingerprint density at radius 1 is 0.973 bits per heavy atom. The van der Waals surface area contributed by atoms with Crippen molar-refractivity contribution in [3.8, 4) is 11.5 Å². The highest BCUT2D eigenvalue weighted by molar-refractivity contribution is 6.30. The summed E-state index contributed by atoms with van der Waals surface area (Å²) in [7, 11) is 0. The monoisotopic (exact) mass is 554 g/mol. The molecule has 1 aliphatic heterocycles. The Hall–Kier alpha value is -3.87. The van der Waals surface area contributed by atoms with E-state index in [2.05, 4.69) is 0 Å². The number of carbonyl (C=O) groups excluding carboxylic acids is 2. The van der Waals surface area contributed by atoms with Crippen molar-refractivity contribution in [2.24, 2.45) is 0 Å². The number of carbonyl (C=O) groups is 2. The molecule has 0 unspecified atom stereocenters. The summed E-state index contributed by atoms with van der Waals surface area (Å²) in [6.45, 7) is -0.470. The van der Waals surface area contributed by atoms with Crippen molar-refractivity contribution in [3.63, 3.8) is 0 Å². The average Bonchev–Trinajstić information content (AvgIpc) is 3.25. The normalized spacial score (nSPS) is 18.7. The summed E-state index contributed by atoms with van der Waals surface area (Å²) in [5, 5.41) is 0.861. The van der Waals surface area contributed by atoms with E-state index in [1.54, 1.807) is 0 Å². The van der Waals surface area contributed by atoms with Gasteiger partial charge in [-0.2, -0.15) is 4.39 Å². The van der Waals surface area contributed by atoms with Crippen LogP contribution in [-0.2, 0) is 14.2 Å². The molecule has 0 radical (unpaired) electrons. The Morgan fingerprint density at radius 2 is 1.54 bits per heavy atom. The van der Waals surface area contributed by atoms with Gasteiger partial charge in [-0.1, -0.05) is 23.2 Å². The van der Waals surface area contributed by atoms with E-state index in [0.29, 0.717) is 16.2 Å². The number of nitrogens with zero attached hydrogens (tertiary/aromatic N) is 1. The van der Waals surface area contributed by atoms with Gasteiger partial charge in [0, 0.05) is 16.5 Å². The highest BCUT2D eigenvalue weighted by atomic mass is 35.5. The number of benzene rings is 2. The predicted octanol–water partition coefficient (Wildman–Crippen LogP) is 4.07. The van der Waals surface area contributed by atoms with Crippen LogP contribution in [0.4, 0.5) is 14.0 Å². The summed E-state index contributed by atoms with van der Waals surface area (Å²) in [6.07, 6.45) is -5.10. The second-order valence-corrected chi connectivity index (χ2v) is 8.46. The molecule has 1 saturated heterocycles. The van der Waals surface area contributed by atoms with Crippen LogP contribution >= 0.6 is 23.2 Å². The number of hydrogen-bond donors (Lipinski definition) is 1. The Kier molecular flexibility index (Phi) is 8.11. The van der Waals surface area contributed by atoms with Crippen LogP contribution in [0.5, 0.6) is 11.5 Å². The molecule has 2 aromatic carbocycles. The minimum Gasteiger partial charge on any atom is -0.431 e. The highest BCUT2D eigenvalue weighted by Gasteiger charge is 2.41. The number of aromatic amines is 1. The minimum atomic E-state index is -1.23. The molecule has 14 heteroatoms. The fraction of sp³-hybridized carbons (Fsp3) is 0.217. The Balaban J connectivity index is 1.45. The van der Waals surface area contributed by atoms with Crippen LogP contribution in [0.15, 0.2) is 64.3 Å². The second-order valence-electron chi connectivity index (χ2n) is 7.59. The van der Waals surface area contributed by atoms with E-state index >= 15 is 0 Å². The van der Waals surface area contributed by atoms with Crippen LogP contribution in [0, 0.1) is 5.82 Å². The second kappa shape index (κ2) is 11.5. The van der Waals surface area contributed by atoms with Crippen molar-refractivity contribution in [1.82, 2.24) is 9.55 Å². The first-order valence-electron chi connectivity index (χ1n) is 10.6. The summed E-state index contributed by atoms with van der Waals surface area (Å²) < 4.78 is 40.8. The molecule has 0 amide bonds. The molecule has 11 nitrogen and oxygen atoms in total. The van der Waals surface area contributed by atoms with Crippen molar-refractivity contribution >= 4 is 35.5 Å². The van der Waals surface area contributed by atoms with Gasteiger partial charge in [0.1, 0.15) is 36.5 Å². The largest absolute Gasteiger partial charge is 0.514 e. The lowest BCUT2D eigenvalue weighted by Gasteiger charge is -2.18. The van der Waals surface area contributed by atoms with E-state index in [0.717, 1.165) is 4.57 Å². The number of nitrogens with one attached hydrogen (secondary N) is 1. The SMILES string of the molecule is O=C(OC[C@H]1O[C@@H](n2cc(F)c(=O)[nH]c2=O)C[C@@H]1OC(=O)Oc1ccc(Cl)cc1)Oc1ccc(Cl)cc1. The summed E-state index contributed by atoms with van der Waals surface area (Å²) in [5.74, 6) is -0.925. The summed E-state index contributed by atoms with van der Waals surface area (Å²) in [5.41, 5.74) is -2.16. The van der Waals surface area contributed by atoms with E-state index in [9.17, 15) is 23.6 Å². The molecule has 2 heterocycles. The van der Waals surface area contributed by atoms with Crippen LogP contribution in [0.3, 0.4) is 0 Å². The first kappa shape index (κ1) is 26.2. The van der Waals surface area contributed by atoms with Crippen LogP contribution in [0.2, 0.25) is 10.0 Å².